The van der Waals surface area contributed by atoms with Crippen molar-refractivity contribution in [2.75, 3.05) is 34.2 Å². The Labute approximate surface area is 350 Å². The van der Waals surface area contributed by atoms with Crippen molar-refractivity contribution in [2.45, 2.75) is 195 Å². The van der Waals surface area contributed by atoms with Crippen LogP contribution < -0.4 is 16.0 Å². The second-order valence-electron chi connectivity index (χ2n) is 22.7. The smallest absolute Gasteiger partial charge is 0.243 e. The molecule has 1 fully saturated rings. The maximum Gasteiger partial charge on any atom is 0.243 e. The Hall–Kier alpha value is -2.51. The Morgan fingerprint density at radius 1 is 0.754 bits per heavy atom. The second kappa shape index (κ2) is 18.4. The predicted octanol–water partition coefficient (Wildman–Crippen LogP) is 6.20. The largest absolute Gasteiger partial charge is 0.353 e. The third-order valence-electron chi connectivity index (χ3n) is 10.3. The lowest BCUT2D eigenvalue weighted by Gasteiger charge is -2.43. The van der Waals surface area contributed by atoms with E-state index in [2.05, 4.69) is 50.6 Å². The first kappa shape index (κ1) is 52.5. The Kier molecular flexibility index (Phi) is 17.0. The van der Waals surface area contributed by atoms with Crippen LogP contribution in [0.5, 0.6) is 0 Å². The van der Waals surface area contributed by atoms with Gasteiger partial charge >= 0.3 is 0 Å². The third kappa shape index (κ3) is 16.2. The van der Waals surface area contributed by atoms with Crippen LogP contribution in [0.2, 0.25) is 0 Å². The molecule has 0 radical (unpaired) electrons. The molecule has 0 spiro atoms. The molecule has 0 aromatic carbocycles. The number of Topliss-reactive ketones (excluding diaryl/α,β-unsaturated/α-hetero) is 1. The van der Waals surface area contributed by atoms with E-state index in [1.54, 1.807) is 27.8 Å². The third-order valence-corrected chi connectivity index (χ3v) is 11.8. The molecule has 0 bridgehead atoms. The van der Waals surface area contributed by atoms with Crippen LogP contribution in [-0.2, 0) is 28.8 Å². The van der Waals surface area contributed by atoms with E-state index in [4.69, 9.17) is 0 Å². The Morgan fingerprint density at radius 3 is 1.75 bits per heavy atom. The minimum Gasteiger partial charge on any atom is -0.353 e. The van der Waals surface area contributed by atoms with Gasteiger partial charge in [-0.1, -0.05) is 62.3 Å². The Balaban J connectivity index is 3.16. The van der Waals surface area contributed by atoms with E-state index in [1.807, 2.05) is 88.2 Å². The van der Waals surface area contributed by atoms with Crippen LogP contribution in [0.4, 0.5) is 0 Å². The number of carbonyl (C=O) groups excluding carboxylic acids is 6. The fourth-order valence-electron chi connectivity index (χ4n) is 8.85. The molecular weight excluding hydrogens is 741 g/mol. The average molecular weight is 823 g/mol. The number of amides is 5. The van der Waals surface area contributed by atoms with Gasteiger partial charge in [-0.3, -0.25) is 33.7 Å². The van der Waals surface area contributed by atoms with Gasteiger partial charge in [-0.05, 0) is 95.7 Å². The van der Waals surface area contributed by atoms with E-state index in [9.17, 15) is 28.8 Å². The van der Waals surface area contributed by atoms with Crippen molar-refractivity contribution >= 4 is 47.1 Å². The van der Waals surface area contributed by atoms with Gasteiger partial charge in [0.05, 0.1) is 5.25 Å². The van der Waals surface area contributed by atoms with Gasteiger partial charge in [0.25, 0.3) is 0 Å². The molecule has 1 rings (SSSR count). The highest BCUT2D eigenvalue weighted by atomic mass is 32.2. The molecule has 2 unspecified atom stereocenters. The average Bonchev–Trinajstić information content (AvgIpc) is 3.22. The number of ketones is 1. The van der Waals surface area contributed by atoms with Gasteiger partial charge < -0.3 is 25.8 Å². The Morgan fingerprint density at radius 2 is 1.28 bits per heavy atom. The number of nitrogens with zero attached hydrogens (tertiary/aromatic N) is 3. The van der Waals surface area contributed by atoms with Crippen LogP contribution in [0.1, 0.15) is 157 Å². The summed E-state index contributed by atoms with van der Waals surface area (Å²) in [7, 11) is 5.37. The number of hydrogen-bond donors (Lipinski definition) is 3. The molecule has 1 aliphatic rings. The van der Waals surface area contributed by atoms with Crippen molar-refractivity contribution in [2.24, 2.45) is 16.2 Å². The van der Waals surface area contributed by atoms with Crippen molar-refractivity contribution in [3.8, 4) is 0 Å². The first-order valence-electron chi connectivity index (χ1n) is 20.6. The molecule has 2 atom stereocenters. The predicted molar refractivity (Wildman–Crippen MR) is 234 cm³/mol. The van der Waals surface area contributed by atoms with Crippen LogP contribution in [0.15, 0.2) is 0 Å². The number of imide groups is 1. The molecule has 1 heterocycles. The van der Waals surface area contributed by atoms with Crippen molar-refractivity contribution < 1.29 is 28.8 Å². The van der Waals surface area contributed by atoms with Crippen LogP contribution in [0.25, 0.3) is 0 Å². The summed E-state index contributed by atoms with van der Waals surface area (Å²) in [6.45, 7) is 35.9. The zero-order chi connectivity index (χ0) is 45.1. The summed E-state index contributed by atoms with van der Waals surface area (Å²) < 4.78 is -0.633. The highest BCUT2D eigenvalue weighted by Crippen LogP contribution is 2.45. The zero-order valence-corrected chi connectivity index (χ0v) is 40.6. The van der Waals surface area contributed by atoms with E-state index in [-0.39, 0.29) is 65.7 Å². The normalized spacial score (nSPS) is 17.2. The summed E-state index contributed by atoms with van der Waals surface area (Å²) in [5.41, 5.74) is -4.39. The van der Waals surface area contributed by atoms with Gasteiger partial charge in [-0.15, -0.1) is 11.8 Å². The SMILES string of the molecule is CN(C)CCNC(=O)C(CC(=O)C(C)(C)C)N(C)C(=O)C(C)(C)CC(C)(C)SC1CC(=O)N(C(C)(C)CC(C)(C)C(=O)NC(C)(C)CC(C)(C)NC(C)(C)C)C1=O. The minimum atomic E-state index is -0.985. The maximum atomic E-state index is 14.2. The second-order valence-corrected chi connectivity index (χ2v) is 24.7. The molecule has 0 saturated carbocycles. The van der Waals surface area contributed by atoms with Crippen LogP contribution in [0.3, 0.4) is 0 Å². The fraction of sp³-hybridized carbons (Fsp3) is 0.864. The highest BCUT2D eigenvalue weighted by molar-refractivity contribution is 8.02. The van der Waals surface area contributed by atoms with E-state index in [1.165, 1.54) is 21.6 Å². The summed E-state index contributed by atoms with van der Waals surface area (Å²) >= 11 is 1.37. The van der Waals surface area contributed by atoms with E-state index in [0.717, 1.165) is 0 Å². The van der Waals surface area contributed by atoms with Crippen molar-refractivity contribution in [1.29, 1.82) is 0 Å². The lowest BCUT2D eigenvalue weighted by atomic mass is 9.77. The topological polar surface area (TPSA) is 148 Å². The molecule has 0 aromatic heterocycles. The van der Waals surface area contributed by atoms with Crippen molar-refractivity contribution in [1.82, 2.24) is 30.7 Å². The molecule has 57 heavy (non-hydrogen) atoms. The number of likely N-dealkylation sites (N-methyl/N-ethyl adjacent to an activating group) is 2. The van der Waals surface area contributed by atoms with E-state index >= 15 is 0 Å². The van der Waals surface area contributed by atoms with Gasteiger partial charge in [0.1, 0.15) is 11.8 Å². The summed E-state index contributed by atoms with van der Waals surface area (Å²) in [5.74, 6) is -1.53. The first-order chi connectivity index (χ1) is 25.2. The standard InChI is InChI=1S/C44H82N6O6S/c1-37(2,3)31(51)24-29(33(53)45-22-23-48(19)20)49(21)36(56)40(9,10)27-44(17,18)57-30-25-32(52)50(34(30)54)43(15,16)26-39(7,8)35(55)46-41(11,12)28-42(13,14)47-38(4,5)6/h29-30,47H,22-28H2,1-21H3,(H,45,53)(H,46,55). The molecule has 1 saturated heterocycles. The lowest BCUT2D eigenvalue weighted by Crippen LogP contribution is -2.59. The van der Waals surface area contributed by atoms with Gasteiger partial charge in [0, 0.05) is 76.1 Å². The van der Waals surface area contributed by atoms with Crippen molar-refractivity contribution in [3.05, 3.63) is 0 Å². The van der Waals surface area contributed by atoms with Crippen LogP contribution in [0, 0.1) is 16.2 Å². The highest BCUT2D eigenvalue weighted by Gasteiger charge is 2.51. The summed E-state index contributed by atoms with van der Waals surface area (Å²) in [6.07, 6.45) is 1.19. The van der Waals surface area contributed by atoms with E-state index in [0.29, 0.717) is 25.9 Å². The van der Waals surface area contributed by atoms with E-state index < -0.39 is 43.4 Å². The summed E-state index contributed by atoms with van der Waals surface area (Å²) in [5, 5.41) is 9.12. The molecule has 12 nitrogen and oxygen atoms in total. The molecule has 330 valence electrons. The number of hydrogen-bond acceptors (Lipinski definition) is 9. The number of thioether (sulfide) groups is 1. The molecule has 0 aliphatic carbocycles. The Bertz CT molecular complexity index is 1480. The van der Waals surface area contributed by atoms with Crippen LogP contribution in [-0.4, -0.2) is 122 Å². The molecule has 5 amide bonds. The number of rotatable bonds is 20. The molecule has 13 heteroatoms. The molecule has 0 aromatic rings. The summed E-state index contributed by atoms with van der Waals surface area (Å²) in [6, 6.07) is -0.985. The summed E-state index contributed by atoms with van der Waals surface area (Å²) in [4.78, 5) is 87.0. The molecular formula is C44H82N6O6S. The fourth-order valence-corrected chi connectivity index (χ4v) is 10.5. The number of nitrogens with one attached hydrogen (secondary N) is 3. The minimum absolute atomic E-state index is 0.0181. The van der Waals surface area contributed by atoms with Crippen molar-refractivity contribution in [3.63, 3.8) is 0 Å². The quantitative estimate of drug-likeness (QED) is 0.122. The number of likely N-dealkylation sites (tertiary alicyclic amines) is 1. The van der Waals surface area contributed by atoms with Gasteiger partial charge in [0.2, 0.25) is 29.5 Å². The number of carbonyl (C=O) groups is 6. The van der Waals surface area contributed by atoms with Crippen LogP contribution >= 0.6 is 11.8 Å². The maximum absolute atomic E-state index is 14.2. The van der Waals surface area contributed by atoms with Gasteiger partial charge in [-0.2, -0.15) is 0 Å². The zero-order valence-electron chi connectivity index (χ0n) is 39.8. The lowest BCUT2D eigenvalue weighted by molar-refractivity contribution is -0.148. The molecule has 3 N–H and O–H groups in total. The monoisotopic (exact) mass is 823 g/mol. The molecule has 1 aliphatic heterocycles. The van der Waals surface area contributed by atoms with Gasteiger partial charge in [-0.25, -0.2) is 0 Å². The first-order valence-corrected chi connectivity index (χ1v) is 21.4. The van der Waals surface area contributed by atoms with Gasteiger partial charge in [0.15, 0.2) is 0 Å².